The largest absolute Gasteiger partial charge is 1.00 e. The van der Waals surface area contributed by atoms with Crippen LogP contribution in [0.1, 0.15) is 63.5 Å². The number of nitrogens with zero attached hydrogens (tertiary/aromatic N) is 1. The number of hydrogen-bond donors (Lipinski definition) is 0. The first-order chi connectivity index (χ1) is 16.7. The van der Waals surface area contributed by atoms with Gasteiger partial charge in [0.2, 0.25) is 12.5 Å². The molecule has 35 heavy (non-hydrogen) atoms. The highest BCUT2D eigenvalue weighted by molar-refractivity contribution is 5.95. The summed E-state index contributed by atoms with van der Waals surface area (Å²) in [5, 5.41) is 2.39. The molecule has 2 aliphatic rings. The van der Waals surface area contributed by atoms with Gasteiger partial charge >= 0.3 is 0 Å². The van der Waals surface area contributed by atoms with Gasteiger partial charge in [0.1, 0.15) is 0 Å². The number of benzene rings is 2. The van der Waals surface area contributed by atoms with Gasteiger partial charge in [0, 0.05) is 17.4 Å². The monoisotopic (exact) mass is 497 g/mol. The number of halogens is 1. The predicted octanol–water partition coefficient (Wildman–Crippen LogP) is 3.39. The third kappa shape index (κ3) is 4.88. The number of aryl methyl sites for hydroxylation is 3. The number of rotatable bonds is 10. The zero-order valence-electron chi connectivity index (χ0n) is 21.1. The second kappa shape index (κ2) is 11.4. The van der Waals surface area contributed by atoms with Crippen LogP contribution in [0.25, 0.3) is 22.0 Å². The lowest BCUT2D eigenvalue weighted by atomic mass is 9.89. The first kappa shape index (κ1) is 25.4. The molecule has 0 saturated carbocycles. The molecule has 6 heteroatoms. The number of fused-ring (bicyclic) bond motifs is 5. The average molecular weight is 498 g/mol. The fraction of sp³-hybridized carbons (Fsp3) is 0.483. The number of ether oxygens (including phenoxy) is 4. The Bertz CT molecular complexity index is 1190. The Morgan fingerprint density at radius 2 is 1.71 bits per heavy atom. The highest BCUT2D eigenvalue weighted by Gasteiger charge is 2.32. The fourth-order valence-electron chi connectivity index (χ4n) is 5.43. The predicted molar refractivity (Wildman–Crippen MR) is 134 cm³/mol. The molecule has 2 aromatic carbocycles. The Morgan fingerprint density at radius 3 is 2.49 bits per heavy atom. The number of unbranched alkanes of at least 4 members (excludes halogenated alkanes) is 5. The normalized spacial score (nSPS) is 13.2. The molecule has 0 amide bonds. The van der Waals surface area contributed by atoms with Crippen LogP contribution in [0.3, 0.4) is 0 Å². The average Bonchev–Trinajstić information content (AvgIpc) is 3.32. The van der Waals surface area contributed by atoms with Gasteiger partial charge in [0.05, 0.1) is 24.7 Å². The molecule has 0 fully saturated rings. The summed E-state index contributed by atoms with van der Waals surface area (Å²) in [6.07, 6.45) is 12.0. The molecule has 5 rings (SSSR count). The number of aromatic nitrogens is 1. The van der Waals surface area contributed by atoms with Gasteiger partial charge in [0.15, 0.2) is 35.7 Å². The Balaban J connectivity index is 0.00000289. The van der Waals surface area contributed by atoms with Crippen molar-refractivity contribution in [3.63, 3.8) is 0 Å². The molecule has 0 unspecified atom stereocenters. The van der Waals surface area contributed by atoms with Crippen LogP contribution in [0.15, 0.2) is 30.5 Å². The second-order valence-corrected chi connectivity index (χ2v) is 9.27. The van der Waals surface area contributed by atoms with E-state index in [1.54, 1.807) is 7.11 Å². The molecule has 0 atom stereocenters. The molecule has 5 nitrogen and oxygen atoms in total. The molecule has 188 valence electrons. The Hall–Kier alpha value is -2.66. The number of pyridine rings is 1. The molecule has 3 aromatic rings. The van der Waals surface area contributed by atoms with E-state index in [0.717, 1.165) is 47.8 Å². The van der Waals surface area contributed by atoms with Crippen LogP contribution >= 0.6 is 0 Å². The molecule has 1 aromatic heterocycles. The summed E-state index contributed by atoms with van der Waals surface area (Å²) in [6, 6.07) is 8.63. The summed E-state index contributed by atoms with van der Waals surface area (Å²) in [7, 11) is 1.71. The van der Waals surface area contributed by atoms with E-state index >= 15 is 0 Å². The molecule has 3 heterocycles. The van der Waals surface area contributed by atoms with E-state index in [2.05, 4.69) is 42.0 Å². The van der Waals surface area contributed by atoms with Crippen molar-refractivity contribution in [1.82, 2.24) is 0 Å². The number of methoxy groups -OCH3 is 1. The van der Waals surface area contributed by atoms with E-state index in [-0.39, 0.29) is 12.4 Å². The lowest BCUT2D eigenvalue weighted by Gasteiger charge is -2.21. The van der Waals surface area contributed by atoms with E-state index < -0.39 is 0 Å². The van der Waals surface area contributed by atoms with Crippen molar-refractivity contribution < 1.29 is 35.9 Å². The maximum Gasteiger partial charge on any atom is 0.231 e. The van der Waals surface area contributed by atoms with E-state index in [4.69, 9.17) is 18.9 Å². The van der Waals surface area contributed by atoms with Crippen LogP contribution in [0.2, 0.25) is 0 Å². The highest BCUT2D eigenvalue weighted by Crippen LogP contribution is 2.44. The van der Waals surface area contributed by atoms with Crippen LogP contribution in [0, 0.1) is 0 Å². The molecular weight excluding hydrogens is 462 g/mol. The van der Waals surface area contributed by atoms with Gasteiger partial charge < -0.3 is 31.4 Å². The lowest BCUT2D eigenvalue weighted by molar-refractivity contribution is -0.686. The molecule has 0 N–H and O–H groups in total. The van der Waals surface area contributed by atoms with Gasteiger partial charge in [-0.15, -0.1) is 0 Å². The topological polar surface area (TPSA) is 40.8 Å². The van der Waals surface area contributed by atoms with Crippen molar-refractivity contribution in [1.29, 1.82) is 0 Å². The molecule has 0 spiro atoms. The maximum atomic E-state index is 6.11. The van der Waals surface area contributed by atoms with Crippen molar-refractivity contribution >= 4 is 10.8 Å². The molecular formula is C29H36ClNO4. The van der Waals surface area contributed by atoms with Crippen LogP contribution in [-0.2, 0) is 19.4 Å². The molecule has 0 bridgehead atoms. The molecule has 0 aliphatic carbocycles. The fourth-order valence-corrected chi connectivity index (χ4v) is 5.43. The van der Waals surface area contributed by atoms with Gasteiger partial charge in [-0.2, -0.15) is 4.57 Å². The van der Waals surface area contributed by atoms with Gasteiger partial charge in [0.25, 0.3) is 0 Å². The highest BCUT2D eigenvalue weighted by atomic mass is 35.5. The minimum absolute atomic E-state index is 0. The zero-order chi connectivity index (χ0) is 23.5. The van der Waals surface area contributed by atoms with Crippen molar-refractivity contribution in [2.75, 3.05) is 20.5 Å². The van der Waals surface area contributed by atoms with Gasteiger partial charge in [-0.05, 0) is 49.6 Å². The minimum atomic E-state index is 0. The summed E-state index contributed by atoms with van der Waals surface area (Å²) in [5.41, 5.74) is 5.32. The van der Waals surface area contributed by atoms with E-state index in [9.17, 15) is 0 Å². The van der Waals surface area contributed by atoms with E-state index in [1.807, 2.05) is 6.92 Å². The molecule has 0 radical (unpaired) electrons. The van der Waals surface area contributed by atoms with E-state index in [1.165, 1.54) is 66.3 Å². The van der Waals surface area contributed by atoms with Gasteiger partial charge in [-0.3, -0.25) is 0 Å². The van der Waals surface area contributed by atoms with Gasteiger partial charge in [-0.1, -0.05) is 39.0 Å². The summed E-state index contributed by atoms with van der Waals surface area (Å²) in [4.78, 5) is 0. The summed E-state index contributed by atoms with van der Waals surface area (Å²) in [5.74, 6) is 3.36. The summed E-state index contributed by atoms with van der Waals surface area (Å²) in [6.45, 7) is 6.14. The zero-order valence-corrected chi connectivity index (χ0v) is 21.9. The summed E-state index contributed by atoms with van der Waals surface area (Å²) < 4.78 is 25.6. The summed E-state index contributed by atoms with van der Waals surface area (Å²) >= 11 is 0. The van der Waals surface area contributed by atoms with Crippen molar-refractivity contribution in [2.45, 2.75) is 71.8 Å². The Kier molecular flexibility index (Phi) is 8.27. The van der Waals surface area contributed by atoms with Crippen LogP contribution in [0.5, 0.6) is 23.0 Å². The van der Waals surface area contributed by atoms with E-state index in [0.29, 0.717) is 13.4 Å². The Morgan fingerprint density at radius 1 is 0.943 bits per heavy atom. The smallest absolute Gasteiger partial charge is 0.231 e. The SMILES string of the molecule is CCCCCCCCc1c2[n+](cc3c(OCC)c(OC)ccc13)CCc1cc3c(cc1-2)OCO3.[Cl-]. The van der Waals surface area contributed by atoms with Crippen molar-refractivity contribution in [2.24, 2.45) is 0 Å². The lowest BCUT2D eigenvalue weighted by Crippen LogP contribution is -3.00. The first-order valence-electron chi connectivity index (χ1n) is 12.9. The standard InChI is InChI=1S/C29H36NO4.ClH/c1-4-6-7-8-9-10-11-22-21-12-13-25(31-3)29(32-5-2)24(21)18-30-15-14-20-16-26-27(34-19-33-26)17-23(20)28(22)30;/h12-13,16-18H,4-11,14-15,19H2,1-3H3;1H/q+1;/p-1. The third-order valence-corrected chi connectivity index (χ3v) is 7.11. The van der Waals surface area contributed by atoms with Crippen LogP contribution < -0.4 is 35.9 Å². The minimum Gasteiger partial charge on any atom is -1.00 e. The maximum absolute atomic E-state index is 6.11. The molecule has 2 aliphatic heterocycles. The first-order valence-corrected chi connectivity index (χ1v) is 12.9. The molecule has 0 saturated heterocycles. The Labute approximate surface area is 214 Å². The van der Waals surface area contributed by atoms with Crippen LogP contribution in [0.4, 0.5) is 0 Å². The van der Waals surface area contributed by atoms with Gasteiger partial charge in [-0.25, -0.2) is 0 Å². The number of hydrogen-bond acceptors (Lipinski definition) is 4. The van der Waals surface area contributed by atoms with Crippen molar-refractivity contribution in [3.05, 3.63) is 41.6 Å². The quantitative estimate of drug-likeness (QED) is 0.318. The van der Waals surface area contributed by atoms with Crippen LogP contribution in [-0.4, -0.2) is 20.5 Å². The second-order valence-electron chi connectivity index (χ2n) is 9.27. The van der Waals surface area contributed by atoms with Crippen molar-refractivity contribution in [3.8, 4) is 34.3 Å². The third-order valence-electron chi connectivity index (χ3n) is 7.11.